The molecule has 0 aromatic rings. The van der Waals surface area contributed by atoms with Crippen molar-refractivity contribution in [3.63, 3.8) is 0 Å². The van der Waals surface area contributed by atoms with Crippen molar-refractivity contribution in [3.8, 4) is 0 Å². The summed E-state index contributed by atoms with van der Waals surface area (Å²) >= 11 is 0. The van der Waals surface area contributed by atoms with Gasteiger partial charge in [0.15, 0.2) is 0 Å². The molecule has 9 heavy (non-hydrogen) atoms. The minimum Gasteiger partial charge on any atom is -0.822 e. The van der Waals surface area contributed by atoms with Gasteiger partial charge in [0, 0.05) is 0 Å². The van der Waals surface area contributed by atoms with Crippen LogP contribution in [0, 0.1) is 0 Å². The molecule has 0 fully saturated rings. The van der Waals surface area contributed by atoms with E-state index < -0.39 is 7.82 Å². The fourth-order valence-electron chi connectivity index (χ4n) is 0. The van der Waals surface area contributed by atoms with Crippen molar-refractivity contribution < 1.29 is 35.7 Å². The standard InChI is InChI=1S/Mg.H3O4P.3H2O/c;1-5(2,3)4;;;/h;(H3,1,2,3,4);3*1H2/q+2;;;;/p-3. The van der Waals surface area contributed by atoms with Gasteiger partial charge in [-0.15, -0.1) is 0 Å². The van der Waals surface area contributed by atoms with E-state index in [-0.39, 0.29) is 39.5 Å². The zero-order valence-electron chi connectivity index (χ0n) is 4.29. The van der Waals surface area contributed by atoms with Gasteiger partial charge >= 0.3 is 23.1 Å². The molecule has 6 N–H and O–H groups in total. The van der Waals surface area contributed by atoms with Crippen LogP contribution >= 0.6 is 7.82 Å². The van der Waals surface area contributed by atoms with Crippen LogP contribution < -0.4 is 14.7 Å². The van der Waals surface area contributed by atoms with Crippen LogP contribution in [0.1, 0.15) is 0 Å². The van der Waals surface area contributed by atoms with Crippen LogP contribution in [0.25, 0.3) is 0 Å². The molecule has 0 amide bonds. The molecule has 56 valence electrons. The van der Waals surface area contributed by atoms with Crippen molar-refractivity contribution in [2.75, 3.05) is 0 Å². The third-order valence-corrected chi connectivity index (χ3v) is 0. The van der Waals surface area contributed by atoms with Crippen LogP contribution in [-0.4, -0.2) is 39.5 Å². The number of hydrogen-bond acceptors (Lipinski definition) is 4. The van der Waals surface area contributed by atoms with E-state index in [1.807, 2.05) is 0 Å². The smallest absolute Gasteiger partial charge is 0.822 e. The molecule has 0 heterocycles. The Morgan fingerprint density at radius 3 is 0.889 bits per heavy atom. The van der Waals surface area contributed by atoms with Crippen molar-refractivity contribution in [2.24, 2.45) is 0 Å². The molecular formula is H6MgO7P-. The van der Waals surface area contributed by atoms with Gasteiger partial charge in [0.25, 0.3) is 0 Å². The van der Waals surface area contributed by atoms with E-state index in [4.69, 9.17) is 19.2 Å². The van der Waals surface area contributed by atoms with E-state index in [2.05, 4.69) is 0 Å². The summed E-state index contributed by atoms with van der Waals surface area (Å²) in [6, 6.07) is 0. The molecule has 0 aliphatic heterocycles. The molecule has 0 aliphatic carbocycles. The van der Waals surface area contributed by atoms with Crippen molar-refractivity contribution in [1.29, 1.82) is 0 Å². The van der Waals surface area contributed by atoms with Gasteiger partial charge in [-0.2, -0.15) is 7.82 Å². The van der Waals surface area contributed by atoms with Crippen LogP contribution in [0.2, 0.25) is 0 Å². The van der Waals surface area contributed by atoms with Gasteiger partial charge in [0.1, 0.15) is 0 Å². The normalized spacial score (nSPS) is 6.56. The van der Waals surface area contributed by atoms with E-state index in [1.165, 1.54) is 0 Å². The Morgan fingerprint density at radius 1 is 0.889 bits per heavy atom. The average Bonchev–Trinajstić information content (AvgIpc) is 0.722. The summed E-state index contributed by atoms with van der Waals surface area (Å²) < 4.78 is 8.55. The molecule has 0 radical (unpaired) electrons. The van der Waals surface area contributed by atoms with E-state index >= 15 is 0 Å². The molecular weight excluding hydrogens is 167 g/mol. The summed E-state index contributed by atoms with van der Waals surface area (Å²) in [5.74, 6) is 0. The first kappa shape index (κ1) is 33.1. The zero-order valence-corrected chi connectivity index (χ0v) is 6.60. The van der Waals surface area contributed by atoms with Crippen molar-refractivity contribution in [2.45, 2.75) is 0 Å². The van der Waals surface area contributed by atoms with Crippen LogP contribution in [0.15, 0.2) is 0 Å². The molecule has 0 saturated carbocycles. The molecule has 0 bridgehead atoms. The largest absolute Gasteiger partial charge is 2.00 e. The monoisotopic (exact) mass is 173 g/mol. The van der Waals surface area contributed by atoms with Gasteiger partial charge < -0.3 is 35.7 Å². The molecule has 0 atom stereocenters. The number of hydrogen-bond donors (Lipinski definition) is 0. The van der Waals surface area contributed by atoms with Gasteiger partial charge in [0.05, 0.1) is 0 Å². The first-order valence-electron chi connectivity index (χ1n) is 0.730. The molecule has 0 unspecified atom stereocenters. The predicted octanol–water partition coefficient (Wildman–Crippen LogP) is -5.68. The van der Waals surface area contributed by atoms with Crippen LogP contribution in [0.4, 0.5) is 0 Å². The molecule has 0 aliphatic rings. The second-order valence-corrected chi connectivity index (χ2v) is 1.34. The summed E-state index contributed by atoms with van der Waals surface area (Å²) in [4.78, 5) is 25.6. The van der Waals surface area contributed by atoms with E-state index in [1.54, 1.807) is 0 Å². The fourth-order valence-corrected chi connectivity index (χ4v) is 0. The van der Waals surface area contributed by atoms with Gasteiger partial charge in [-0.25, -0.2) is 0 Å². The van der Waals surface area contributed by atoms with Gasteiger partial charge in [-0.3, -0.25) is 0 Å². The van der Waals surface area contributed by atoms with Crippen molar-refractivity contribution in [1.82, 2.24) is 0 Å². The van der Waals surface area contributed by atoms with Crippen molar-refractivity contribution in [3.05, 3.63) is 0 Å². The number of rotatable bonds is 0. The summed E-state index contributed by atoms with van der Waals surface area (Å²) in [5.41, 5.74) is 0. The zero-order chi connectivity index (χ0) is 4.50. The van der Waals surface area contributed by atoms with Gasteiger partial charge in [-0.05, 0) is 0 Å². The molecule has 0 saturated heterocycles. The third kappa shape index (κ3) is 699. The summed E-state index contributed by atoms with van der Waals surface area (Å²) in [6.07, 6.45) is 0. The first-order valence-corrected chi connectivity index (χ1v) is 2.19. The van der Waals surface area contributed by atoms with Crippen molar-refractivity contribution >= 4 is 30.9 Å². The first-order chi connectivity index (χ1) is 2.00. The minimum absolute atomic E-state index is 0. The van der Waals surface area contributed by atoms with Gasteiger partial charge in [-0.1, -0.05) is 0 Å². The average molecular weight is 173 g/mol. The Morgan fingerprint density at radius 2 is 0.889 bits per heavy atom. The van der Waals surface area contributed by atoms with E-state index in [0.717, 1.165) is 0 Å². The SMILES string of the molecule is O.O.O.O=P([O-])([O-])[O-].[Mg+2]. The second kappa shape index (κ2) is 11.5. The van der Waals surface area contributed by atoms with Crippen LogP contribution in [0.5, 0.6) is 0 Å². The maximum Gasteiger partial charge on any atom is 2.00 e. The minimum atomic E-state index is -5.39. The van der Waals surface area contributed by atoms with Gasteiger partial charge in [0.2, 0.25) is 0 Å². The molecule has 0 aromatic heterocycles. The quantitative estimate of drug-likeness (QED) is 0.261. The van der Waals surface area contributed by atoms with E-state index in [0.29, 0.717) is 0 Å². The Balaban J connectivity index is -0.0000000133. The fraction of sp³-hybridized carbons (Fsp3) is 0. The Kier molecular flexibility index (Phi) is 42.4. The Labute approximate surface area is 67.0 Å². The van der Waals surface area contributed by atoms with E-state index in [9.17, 15) is 0 Å². The number of phosphoric acid groups is 1. The third-order valence-electron chi connectivity index (χ3n) is 0. The second-order valence-electron chi connectivity index (χ2n) is 0.447. The predicted molar refractivity (Wildman–Crippen MR) is 24.2 cm³/mol. The molecule has 0 rings (SSSR count). The summed E-state index contributed by atoms with van der Waals surface area (Å²) in [5, 5.41) is 0. The Bertz CT molecular complexity index is 55.1. The van der Waals surface area contributed by atoms with Crippen LogP contribution in [0.3, 0.4) is 0 Å². The maximum absolute atomic E-state index is 8.55. The Hall–Kier alpha value is 0.756. The summed E-state index contributed by atoms with van der Waals surface area (Å²) in [6.45, 7) is 0. The van der Waals surface area contributed by atoms with Crippen LogP contribution in [-0.2, 0) is 4.57 Å². The molecule has 9 heteroatoms. The molecule has 7 nitrogen and oxygen atoms in total. The molecule has 0 aromatic carbocycles. The maximum atomic E-state index is 8.55. The topological polar surface area (TPSA) is 181 Å². The molecule has 0 spiro atoms. The summed E-state index contributed by atoms with van der Waals surface area (Å²) in [7, 11) is -5.39.